The van der Waals surface area contributed by atoms with Gasteiger partial charge in [0.1, 0.15) is 5.82 Å². The van der Waals surface area contributed by atoms with Gasteiger partial charge in [-0.2, -0.15) is 0 Å². The highest BCUT2D eigenvalue weighted by molar-refractivity contribution is 5.81. The second-order valence-corrected chi connectivity index (χ2v) is 3.99. The van der Waals surface area contributed by atoms with Crippen molar-refractivity contribution < 1.29 is 4.39 Å². The van der Waals surface area contributed by atoms with Gasteiger partial charge in [0.25, 0.3) is 0 Å². The molecule has 2 aromatic carbocycles. The Bertz CT molecular complexity index is 689. The van der Waals surface area contributed by atoms with Gasteiger partial charge in [0.15, 0.2) is 0 Å². The van der Waals surface area contributed by atoms with Crippen LogP contribution in [0.3, 0.4) is 0 Å². The molecule has 1 aromatic heterocycles. The number of benzene rings is 2. The van der Waals surface area contributed by atoms with Gasteiger partial charge < -0.3 is 5.32 Å². The van der Waals surface area contributed by atoms with Crippen molar-refractivity contribution in [3.8, 4) is 5.69 Å². The van der Waals surface area contributed by atoms with Crippen LogP contribution in [0.1, 0.15) is 0 Å². The lowest BCUT2D eigenvalue weighted by atomic mass is 10.2. The number of nitrogens with zero attached hydrogens (tertiary/aromatic N) is 2. The van der Waals surface area contributed by atoms with Gasteiger partial charge in [-0.3, -0.25) is 4.57 Å². The number of aromatic nitrogens is 2. The van der Waals surface area contributed by atoms with Crippen LogP contribution in [-0.4, -0.2) is 16.6 Å². The Labute approximate surface area is 104 Å². The maximum atomic E-state index is 13.4. The molecule has 0 fully saturated rings. The minimum Gasteiger partial charge on any atom is -0.358 e. The smallest absolute Gasteiger partial charge is 0.208 e. The van der Waals surface area contributed by atoms with Crippen LogP contribution in [0, 0.1) is 5.82 Å². The first kappa shape index (κ1) is 10.8. The zero-order valence-electron chi connectivity index (χ0n) is 9.89. The molecule has 0 aliphatic heterocycles. The normalized spacial score (nSPS) is 10.8. The van der Waals surface area contributed by atoms with Gasteiger partial charge in [0, 0.05) is 18.8 Å². The van der Waals surface area contributed by atoms with E-state index in [0.717, 1.165) is 16.7 Å². The van der Waals surface area contributed by atoms with E-state index in [0.29, 0.717) is 5.95 Å². The quantitative estimate of drug-likeness (QED) is 0.746. The molecule has 0 atom stereocenters. The van der Waals surface area contributed by atoms with E-state index in [2.05, 4.69) is 10.3 Å². The summed E-state index contributed by atoms with van der Waals surface area (Å²) in [7, 11) is 1.80. The van der Waals surface area contributed by atoms with Crippen LogP contribution in [0.15, 0.2) is 48.5 Å². The molecule has 0 saturated carbocycles. The van der Waals surface area contributed by atoms with E-state index in [-0.39, 0.29) is 5.82 Å². The van der Waals surface area contributed by atoms with Crippen molar-refractivity contribution in [2.45, 2.75) is 0 Å². The van der Waals surface area contributed by atoms with E-state index < -0.39 is 0 Å². The zero-order chi connectivity index (χ0) is 12.5. The minimum absolute atomic E-state index is 0.262. The molecular formula is C14H12FN3. The highest BCUT2D eigenvalue weighted by Gasteiger charge is 2.11. The van der Waals surface area contributed by atoms with Gasteiger partial charge in [-0.25, -0.2) is 9.37 Å². The Hall–Kier alpha value is -2.36. The van der Waals surface area contributed by atoms with Crippen LogP contribution < -0.4 is 5.32 Å². The van der Waals surface area contributed by atoms with Crippen LogP contribution in [0.5, 0.6) is 0 Å². The third-order valence-corrected chi connectivity index (χ3v) is 2.85. The molecule has 1 N–H and O–H groups in total. The zero-order valence-corrected chi connectivity index (χ0v) is 9.89. The summed E-state index contributed by atoms with van der Waals surface area (Å²) in [5.74, 6) is 0.434. The van der Waals surface area contributed by atoms with Gasteiger partial charge in [0.05, 0.1) is 11.0 Å². The Balaban J connectivity index is 2.35. The van der Waals surface area contributed by atoms with E-state index >= 15 is 0 Å². The maximum Gasteiger partial charge on any atom is 0.208 e. The van der Waals surface area contributed by atoms with Gasteiger partial charge in [-0.1, -0.05) is 18.2 Å². The van der Waals surface area contributed by atoms with Crippen LogP contribution in [0.25, 0.3) is 16.7 Å². The Morgan fingerprint density at radius 1 is 1.11 bits per heavy atom. The molecule has 1 heterocycles. The van der Waals surface area contributed by atoms with E-state index in [1.54, 1.807) is 13.1 Å². The Kier molecular flexibility index (Phi) is 2.48. The van der Waals surface area contributed by atoms with Crippen molar-refractivity contribution in [1.82, 2.24) is 9.55 Å². The number of anilines is 1. The average Bonchev–Trinajstić information content (AvgIpc) is 2.77. The fraction of sp³-hybridized carbons (Fsp3) is 0.0714. The summed E-state index contributed by atoms with van der Waals surface area (Å²) < 4.78 is 15.3. The van der Waals surface area contributed by atoms with E-state index in [4.69, 9.17) is 0 Å². The van der Waals surface area contributed by atoms with Gasteiger partial charge in [-0.05, 0) is 24.3 Å². The number of nitrogens with one attached hydrogen (secondary N) is 1. The topological polar surface area (TPSA) is 29.9 Å². The van der Waals surface area contributed by atoms with Crippen LogP contribution in [0.2, 0.25) is 0 Å². The number of fused-ring (bicyclic) bond motifs is 1. The van der Waals surface area contributed by atoms with Crippen LogP contribution >= 0.6 is 0 Å². The molecule has 4 heteroatoms. The summed E-state index contributed by atoms with van der Waals surface area (Å²) in [5.41, 5.74) is 2.48. The number of para-hydroxylation sites is 1. The predicted molar refractivity (Wildman–Crippen MR) is 70.6 cm³/mol. The van der Waals surface area contributed by atoms with E-state index in [1.807, 2.05) is 34.9 Å². The van der Waals surface area contributed by atoms with Crippen LogP contribution in [-0.2, 0) is 0 Å². The van der Waals surface area contributed by atoms with Crippen molar-refractivity contribution in [3.63, 3.8) is 0 Å². The average molecular weight is 241 g/mol. The number of rotatable bonds is 2. The fourth-order valence-electron chi connectivity index (χ4n) is 2.05. The number of imidazole rings is 1. The Morgan fingerprint density at radius 3 is 2.61 bits per heavy atom. The summed E-state index contributed by atoms with van der Waals surface area (Å²) in [6.07, 6.45) is 0. The SMILES string of the molecule is CNc1nc2ccc(F)cc2n1-c1ccccc1. The molecule has 0 unspecified atom stereocenters. The molecule has 0 spiro atoms. The second-order valence-electron chi connectivity index (χ2n) is 3.99. The van der Waals surface area contributed by atoms with Crippen LogP contribution in [0.4, 0.5) is 10.3 Å². The third-order valence-electron chi connectivity index (χ3n) is 2.85. The highest BCUT2D eigenvalue weighted by Crippen LogP contribution is 2.24. The molecule has 0 aliphatic rings. The molecule has 0 radical (unpaired) electrons. The molecule has 0 amide bonds. The third kappa shape index (κ3) is 1.62. The lowest BCUT2D eigenvalue weighted by molar-refractivity contribution is 0.629. The lowest BCUT2D eigenvalue weighted by Crippen LogP contribution is -2.01. The standard InChI is InChI=1S/C14H12FN3/c1-16-14-17-12-8-7-10(15)9-13(12)18(14)11-5-3-2-4-6-11/h2-9H,1H3,(H,16,17). The van der Waals surface area contributed by atoms with E-state index in [1.165, 1.54) is 12.1 Å². The largest absolute Gasteiger partial charge is 0.358 e. The molecule has 3 nitrogen and oxygen atoms in total. The molecule has 0 aliphatic carbocycles. The molecular weight excluding hydrogens is 229 g/mol. The minimum atomic E-state index is -0.262. The molecule has 0 saturated heterocycles. The molecule has 90 valence electrons. The first-order valence-corrected chi connectivity index (χ1v) is 5.71. The first-order chi connectivity index (χ1) is 8.79. The summed E-state index contributed by atoms with van der Waals surface area (Å²) >= 11 is 0. The number of halogens is 1. The fourth-order valence-corrected chi connectivity index (χ4v) is 2.05. The molecule has 18 heavy (non-hydrogen) atoms. The summed E-state index contributed by atoms with van der Waals surface area (Å²) in [6.45, 7) is 0. The molecule has 3 rings (SSSR count). The monoisotopic (exact) mass is 241 g/mol. The van der Waals surface area contributed by atoms with Crippen molar-refractivity contribution in [2.24, 2.45) is 0 Å². The maximum absolute atomic E-state index is 13.4. The first-order valence-electron chi connectivity index (χ1n) is 5.71. The van der Waals surface area contributed by atoms with Crippen molar-refractivity contribution >= 4 is 17.0 Å². The predicted octanol–water partition coefficient (Wildman–Crippen LogP) is 3.21. The molecule has 0 bridgehead atoms. The van der Waals surface area contributed by atoms with Crippen molar-refractivity contribution in [1.29, 1.82) is 0 Å². The Morgan fingerprint density at radius 2 is 1.89 bits per heavy atom. The van der Waals surface area contributed by atoms with Crippen molar-refractivity contribution in [3.05, 3.63) is 54.3 Å². The van der Waals surface area contributed by atoms with Crippen molar-refractivity contribution in [2.75, 3.05) is 12.4 Å². The second kappa shape index (κ2) is 4.14. The highest BCUT2D eigenvalue weighted by atomic mass is 19.1. The lowest BCUT2D eigenvalue weighted by Gasteiger charge is -2.08. The summed E-state index contributed by atoms with van der Waals surface area (Å²) in [5, 5.41) is 3.03. The van der Waals surface area contributed by atoms with E-state index in [9.17, 15) is 4.39 Å². The number of hydrogen-bond donors (Lipinski definition) is 1. The summed E-state index contributed by atoms with van der Waals surface area (Å²) in [6, 6.07) is 14.4. The van der Waals surface area contributed by atoms with Gasteiger partial charge in [0.2, 0.25) is 5.95 Å². The van der Waals surface area contributed by atoms with Gasteiger partial charge in [-0.15, -0.1) is 0 Å². The molecule has 3 aromatic rings. The van der Waals surface area contributed by atoms with Gasteiger partial charge >= 0.3 is 0 Å². The summed E-state index contributed by atoms with van der Waals surface area (Å²) in [4.78, 5) is 4.43. The number of hydrogen-bond acceptors (Lipinski definition) is 2.